The summed E-state index contributed by atoms with van der Waals surface area (Å²) in [4.78, 5) is 23.3. The first-order valence-corrected chi connectivity index (χ1v) is 7.27. The maximum Gasteiger partial charge on any atom is 0.329 e. The smallest absolute Gasteiger partial charge is 0.329 e. The van der Waals surface area contributed by atoms with Crippen molar-refractivity contribution in [3.63, 3.8) is 0 Å². The van der Waals surface area contributed by atoms with Crippen molar-refractivity contribution in [2.45, 2.75) is 25.3 Å². The quantitative estimate of drug-likeness (QED) is 0.815. The summed E-state index contributed by atoms with van der Waals surface area (Å²) in [5, 5.41) is 12.8. The van der Waals surface area contributed by atoms with Crippen molar-refractivity contribution in [1.82, 2.24) is 5.32 Å². The molecule has 1 aliphatic carbocycles. The molecular weight excluding hydrogens is 313 g/mol. The van der Waals surface area contributed by atoms with Gasteiger partial charge >= 0.3 is 5.97 Å². The molecule has 0 saturated heterocycles. The number of carboxylic acids is 1. The summed E-state index contributed by atoms with van der Waals surface area (Å²) in [6.07, 6.45) is 4.40. The number of amides is 1. The van der Waals surface area contributed by atoms with Crippen LogP contribution < -0.4 is 5.32 Å². The van der Waals surface area contributed by atoms with Crippen molar-refractivity contribution >= 4 is 41.2 Å². The lowest BCUT2D eigenvalue weighted by Gasteiger charge is -2.25. The van der Waals surface area contributed by atoms with Crippen molar-refractivity contribution in [3.8, 4) is 0 Å². The fourth-order valence-electron chi connectivity index (χ4n) is 2.10. The fraction of sp³-hybridized carbons (Fsp3) is 0.333. The van der Waals surface area contributed by atoms with Gasteiger partial charge in [-0.2, -0.15) is 0 Å². The Morgan fingerprint density at radius 2 is 2.05 bits per heavy atom. The summed E-state index contributed by atoms with van der Waals surface area (Å²) in [5.74, 6) is -1.50. The molecule has 1 aromatic carbocycles. The van der Waals surface area contributed by atoms with Gasteiger partial charge in [0.15, 0.2) is 0 Å². The van der Waals surface area contributed by atoms with Gasteiger partial charge in [-0.05, 0) is 55.5 Å². The summed E-state index contributed by atoms with van der Waals surface area (Å²) >= 11 is 11.8. The number of halogens is 2. The minimum Gasteiger partial charge on any atom is -0.480 e. The molecule has 1 amide bonds. The molecule has 0 spiro atoms. The van der Waals surface area contributed by atoms with E-state index in [4.69, 9.17) is 23.2 Å². The summed E-state index contributed by atoms with van der Waals surface area (Å²) in [6.45, 7) is 1.53. The molecule has 2 rings (SSSR count). The second-order valence-corrected chi connectivity index (χ2v) is 6.11. The van der Waals surface area contributed by atoms with Crippen molar-refractivity contribution in [2.24, 2.45) is 5.92 Å². The molecule has 0 heterocycles. The summed E-state index contributed by atoms with van der Waals surface area (Å²) in [5.41, 5.74) is -0.623. The van der Waals surface area contributed by atoms with Crippen molar-refractivity contribution in [2.75, 3.05) is 0 Å². The lowest BCUT2D eigenvalue weighted by molar-refractivity contribution is -0.147. The number of hydrogen-bond acceptors (Lipinski definition) is 2. The van der Waals surface area contributed by atoms with Crippen LogP contribution in [0.4, 0.5) is 0 Å². The molecule has 1 aliphatic rings. The Morgan fingerprint density at radius 1 is 1.38 bits per heavy atom. The zero-order valence-electron chi connectivity index (χ0n) is 11.4. The van der Waals surface area contributed by atoms with Crippen molar-refractivity contribution < 1.29 is 14.7 Å². The van der Waals surface area contributed by atoms with E-state index < -0.39 is 17.4 Å². The van der Waals surface area contributed by atoms with E-state index in [0.29, 0.717) is 15.6 Å². The van der Waals surface area contributed by atoms with E-state index in [2.05, 4.69) is 5.32 Å². The number of aliphatic carboxylic acids is 1. The highest BCUT2D eigenvalue weighted by Crippen LogP contribution is 2.39. The molecular formula is C15H15Cl2NO3. The Morgan fingerprint density at radius 3 is 2.62 bits per heavy atom. The van der Waals surface area contributed by atoms with Gasteiger partial charge < -0.3 is 10.4 Å². The number of carboxylic acid groups (broad SMARTS) is 1. The number of hydrogen-bond donors (Lipinski definition) is 2. The van der Waals surface area contributed by atoms with Gasteiger partial charge in [0.2, 0.25) is 5.91 Å². The molecule has 0 bridgehead atoms. The standard InChI is InChI=1S/C15H15Cl2NO3/c1-15(14(20)21,10-3-4-10)18-13(19)7-2-9-8-11(16)5-6-12(9)17/h2,5-8,10H,3-4H2,1H3,(H,18,19)(H,20,21)/b7-2+. The molecule has 21 heavy (non-hydrogen) atoms. The molecule has 0 radical (unpaired) electrons. The number of carbonyl (C=O) groups is 2. The summed E-state index contributed by atoms with van der Waals surface area (Å²) in [7, 11) is 0. The van der Waals surface area contributed by atoms with Crippen molar-refractivity contribution in [1.29, 1.82) is 0 Å². The van der Waals surface area contributed by atoms with E-state index in [0.717, 1.165) is 12.8 Å². The Balaban J connectivity index is 2.09. The average molecular weight is 328 g/mol. The van der Waals surface area contributed by atoms with Gasteiger partial charge in [-0.1, -0.05) is 23.2 Å². The third-order valence-electron chi connectivity index (χ3n) is 3.59. The lowest BCUT2D eigenvalue weighted by Crippen LogP contribution is -2.53. The van der Waals surface area contributed by atoms with Gasteiger partial charge in [-0.3, -0.25) is 4.79 Å². The van der Waals surface area contributed by atoms with E-state index in [1.807, 2.05) is 0 Å². The zero-order valence-corrected chi connectivity index (χ0v) is 12.9. The van der Waals surface area contributed by atoms with Crippen LogP contribution in [0.25, 0.3) is 6.08 Å². The molecule has 1 atom stereocenters. The topological polar surface area (TPSA) is 66.4 Å². The Kier molecular flexibility index (Phi) is 4.59. The van der Waals surface area contributed by atoms with Crippen LogP contribution in [0.2, 0.25) is 10.0 Å². The molecule has 4 nitrogen and oxygen atoms in total. The van der Waals surface area contributed by atoms with E-state index in [1.54, 1.807) is 18.2 Å². The minimum absolute atomic E-state index is 0.0119. The normalized spacial score (nSPS) is 17.5. The van der Waals surface area contributed by atoms with Gasteiger partial charge in [-0.25, -0.2) is 4.79 Å². The highest BCUT2D eigenvalue weighted by atomic mass is 35.5. The second kappa shape index (κ2) is 6.08. The highest BCUT2D eigenvalue weighted by molar-refractivity contribution is 6.34. The minimum atomic E-state index is -1.22. The Hall–Kier alpha value is -1.52. The van der Waals surface area contributed by atoms with Crippen LogP contribution in [0.15, 0.2) is 24.3 Å². The van der Waals surface area contributed by atoms with E-state index in [1.165, 1.54) is 19.1 Å². The van der Waals surface area contributed by atoms with Crippen LogP contribution in [-0.4, -0.2) is 22.5 Å². The maximum absolute atomic E-state index is 11.9. The predicted molar refractivity (Wildman–Crippen MR) is 82.4 cm³/mol. The van der Waals surface area contributed by atoms with Crippen LogP contribution >= 0.6 is 23.2 Å². The number of rotatable bonds is 5. The number of nitrogens with one attached hydrogen (secondary N) is 1. The molecule has 0 aliphatic heterocycles. The molecule has 2 N–H and O–H groups in total. The predicted octanol–water partition coefficient (Wildman–Crippen LogP) is 3.38. The molecule has 112 valence electrons. The second-order valence-electron chi connectivity index (χ2n) is 5.27. The van der Waals surface area contributed by atoms with Gasteiger partial charge in [0.1, 0.15) is 5.54 Å². The first-order chi connectivity index (χ1) is 9.83. The monoisotopic (exact) mass is 327 g/mol. The van der Waals surface area contributed by atoms with Crippen LogP contribution in [0, 0.1) is 5.92 Å². The maximum atomic E-state index is 11.9. The first kappa shape index (κ1) is 15.9. The molecule has 1 aromatic rings. The summed E-state index contributed by atoms with van der Waals surface area (Å²) < 4.78 is 0. The SMILES string of the molecule is CC(NC(=O)/C=C/c1cc(Cl)ccc1Cl)(C(=O)O)C1CC1. The van der Waals surface area contributed by atoms with Crippen LogP contribution in [-0.2, 0) is 9.59 Å². The number of benzene rings is 1. The number of carbonyl (C=O) groups excluding carboxylic acids is 1. The van der Waals surface area contributed by atoms with Crippen LogP contribution in [0.1, 0.15) is 25.3 Å². The lowest BCUT2D eigenvalue weighted by atomic mass is 9.96. The zero-order chi connectivity index (χ0) is 15.6. The van der Waals surface area contributed by atoms with Gasteiger partial charge in [0.25, 0.3) is 0 Å². The third kappa shape index (κ3) is 3.77. The van der Waals surface area contributed by atoms with E-state index in [-0.39, 0.29) is 5.92 Å². The van der Waals surface area contributed by atoms with Crippen molar-refractivity contribution in [3.05, 3.63) is 39.9 Å². The Labute approximate surface area is 132 Å². The molecule has 1 fully saturated rings. The van der Waals surface area contributed by atoms with E-state index >= 15 is 0 Å². The fourth-order valence-corrected chi connectivity index (χ4v) is 2.46. The van der Waals surface area contributed by atoms with E-state index in [9.17, 15) is 14.7 Å². The molecule has 0 aromatic heterocycles. The largest absolute Gasteiger partial charge is 0.480 e. The summed E-state index contributed by atoms with van der Waals surface area (Å²) in [6, 6.07) is 4.91. The average Bonchev–Trinajstić information content (AvgIpc) is 3.24. The first-order valence-electron chi connectivity index (χ1n) is 6.51. The van der Waals surface area contributed by atoms with Gasteiger partial charge in [-0.15, -0.1) is 0 Å². The van der Waals surface area contributed by atoms with Crippen LogP contribution in [0.5, 0.6) is 0 Å². The molecule has 6 heteroatoms. The Bertz CT molecular complexity index is 611. The molecule has 1 saturated carbocycles. The molecule has 1 unspecified atom stereocenters. The van der Waals surface area contributed by atoms with Crippen LogP contribution in [0.3, 0.4) is 0 Å². The van der Waals surface area contributed by atoms with Gasteiger partial charge in [0, 0.05) is 16.1 Å². The highest BCUT2D eigenvalue weighted by Gasteiger charge is 2.48. The third-order valence-corrected chi connectivity index (χ3v) is 4.17. The van der Waals surface area contributed by atoms with Gasteiger partial charge in [0.05, 0.1) is 0 Å².